The lowest BCUT2D eigenvalue weighted by Crippen LogP contribution is -2.44. The molecule has 1 aromatic carbocycles. The van der Waals surface area contributed by atoms with Gasteiger partial charge in [-0.3, -0.25) is 4.79 Å². The summed E-state index contributed by atoms with van der Waals surface area (Å²) in [6.45, 7) is 2.24. The Bertz CT molecular complexity index is 630. The van der Waals surface area contributed by atoms with Crippen LogP contribution in [0.3, 0.4) is 0 Å². The van der Waals surface area contributed by atoms with Crippen molar-refractivity contribution >= 4 is 23.6 Å². The average Bonchev–Trinajstić information content (AvgIpc) is 2.78. The molecule has 3 aliphatic rings. The third-order valence-electron chi connectivity index (χ3n) is 4.85. The van der Waals surface area contributed by atoms with Gasteiger partial charge in [0.2, 0.25) is 0 Å². The summed E-state index contributed by atoms with van der Waals surface area (Å²) in [4.78, 5) is 15.1. The highest BCUT2D eigenvalue weighted by molar-refractivity contribution is 6.30. The minimum atomic E-state index is 0.127. The van der Waals surface area contributed by atoms with Gasteiger partial charge in [-0.25, -0.2) is 0 Å². The largest absolute Gasteiger partial charge is 0.488 e. The fourth-order valence-electron chi connectivity index (χ4n) is 3.75. The normalized spacial score (nSPS) is 26.8. The van der Waals surface area contributed by atoms with Crippen LogP contribution in [-0.2, 0) is 4.79 Å². The van der Waals surface area contributed by atoms with Crippen molar-refractivity contribution in [1.82, 2.24) is 10.2 Å². The van der Waals surface area contributed by atoms with Crippen molar-refractivity contribution in [2.45, 2.75) is 31.3 Å². The van der Waals surface area contributed by atoms with E-state index in [-0.39, 0.29) is 5.91 Å². The molecule has 4 nitrogen and oxygen atoms in total. The predicted octanol–water partition coefficient (Wildman–Crippen LogP) is 2.47. The van der Waals surface area contributed by atoms with Crippen LogP contribution >= 0.6 is 11.6 Å². The van der Waals surface area contributed by atoms with Gasteiger partial charge in [0.15, 0.2) is 0 Å². The maximum Gasteiger partial charge on any atom is 0.253 e. The lowest BCUT2D eigenvalue weighted by molar-refractivity contribution is -0.129. The third-order valence-corrected chi connectivity index (χ3v) is 5.08. The van der Waals surface area contributed by atoms with E-state index >= 15 is 0 Å². The molecule has 0 aromatic heterocycles. The first-order valence-electron chi connectivity index (χ1n) is 7.88. The number of hydrogen-bond donors (Lipinski definition) is 1. The van der Waals surface area contributed by atoms with E-state index in [1.165, 1.54) is 0 Å². The second-order valence-corrected chi connectivity index (χ2v) is 6.67. The summed E-state index contributed by atoms with van der Waals surface area (Å²) in [6, 6.07) is 6.20. The number of nitrogens with zero attached hydrogens (tertiary/aromatic N) is 1. The van der Waals surface area contributed by atoms with E-state index in [0.717, 1.165) is 49.2 Å². The Hall–Kier alpha value is -1.52. The standard InChI is InChI=1S/C17H19ClN2O2/c18-13-1-4-16-11(8-13)7-12(10-22-16)17(21)20-14-2-3-15(20)9-19-6-5-14/h1,4,7-8,14-15,19H,2-3,5-6,9-10H2. The molecular formula is C17H19ClN2O2. The molecule has 2 saturated heterocycles. The molecule has 0 saturated carbocycles. The summed E-state index contributed by atoms with van der Waals surface area (Å²) in [6.07, 6.45) is 5.19. The van der Waals surface area contributed by atoms with Gasteiger partial charge in [0.05, 0.1) is 5.57 Å². The fourth-order valence-corrected chi connectivity index (χ4v) is 3.93. The van der Waals surface area contributed by atoms with Crippen molar-refractivity contribution in [1.29, 1.82) is 0 Å². The molecule has 22 heavy (non-hydrogen) atoms. The van der Waals surface area contributed by atoms with Gasteiger partial charge in [-0.15, -0.1) is 0 Å². The molecule has 3 heterocycles. The number of rotatable bonds is 1. The highest BCUT2D eigenvalue weighted by atomic mass is 35.5. The van der Waals surface area contributed by atoms with Gasteiger partial charge in [0.25, 0.3) is 5.91 Å². The molecule has 0 aliphatic carbocycles. The van der Waals surface area contributed by atoms with E-state index in [1.54, 1.807) is 0 Å². The summed E-state index contributed by atoms with van der Waals surface area (Å²) < 4.78 is 5.74. The molecule has 4 rings (SSSR count). The number of nitrogens with one attached hydrogen (secondary N) is 1. The molecule has 2 atom stereocenters. The Balaban J connectivity index is 1.63. The fraction of sp³-hybridized carbons (Fsp3) is 0.471. The molecule has 1 aromatic rings. The van der Waals surface area contributed by atoms with Gasteiger partial charge in [-0.05, 0) is 50.1 Å². The first kappa shape index (κ1) is 14.1. The zero-order chi connectivity index (χ0) is 15.1. The van der Waals surface area contributed by atoms with Crippen LogP contribution in [0.5, 0.6) is 5.75 Å². The van der Waals surface area contributed by atoms with Crippen LogP contribution < -0.4 is 10.1 Å². The highest BCUT2D eigenvalue weighted by Gasteiger charge is 2.39. The number of fused-ring (bicyclic) bond motifs is 3. The monoisotopic (exact) mass is 318 g/mol. The van der Waals surface area contributed by atoms with Crippen LogP contribution in [-0.4, -0.2) is 42.6 Å². The number of hydrogen-bond acceptors (Lipinski definition) is 3. The van der Waals surface area contributed by atoms with E-state index in [2.05, 4.69) is 10.2 Å². The number of halogens is 1. The first-order valence-corrected chi connectivity index (χ1v) is 8.26. The van der Waals surface area contributed by atoms with Gasteiger partial charge in [0, 0.05) is 29.2 Å². The second-order valence-electron chi connectivity index (χ2n) is 6.23. The summed E-state index contributed by atoms with van der Waals surface area (Å²) in [7, 11) is 0. The molecule has 2 fully saturated rings. The SMILES string of the molecule is O=C(C1=Cc2cc(Cl)ccc2OC1)N1C2CCNCC1CC2. The maximum atomic E-state index is 13.0. The molecule has 116 valence electrons. The second kappa shape index (κ2) is 5.60. The zero-order valence-corrected chi connectivity index (χ0v) is 13.1. The Morgan fingerprint density at radius 3 is 3.05 bits per heavy atom. The Morgan fingerprint density at radius 1 is 1.27 bits per heavy atom. The minimum absolute atomic E-state index is 0.127. The van der Waals surface area contributed by atoms with Crippen LogP contribution in [0.15, 0.2) is 23.8 Å². The van der Waals surface area contributed by atoms with E-state index in [0.29, 0.717) is 23.7 Å². The van der Waals surface area contributed by atoms with Gasteiger partial charge in [0.1, 0.15) is 12.4 Å². The summed E-state index contributed by atoms with van der Waals surface area (Å²) in [5.74, 6) is 0.920. The van der Waals surface area contributed by atoms with Crippen LogP contribution in [0.1, 0.15) is 24.8 Å². The van der Waals surface area contributed by atoms with Crippen molar-refractivity contribution < 1.29 is 9.53 Å². The van der Waals surface area contributed by atoms with Gasteiger partial charge < -0.3 is 15.0 Å². The van der Waals surface area contributed by atoms with Crippen LogP contribution in [0.25, 0.3) is 6.08 Å². The molecule has 0 radical (unpaired) electrons. The zero-order valence-electron chi connectivity index (χ0n) is 12.3. The lowest BCUT2D eigenvalue weighted by atomic mass is 10.1. The Labute approximate surface area is 135 Å². The van der Waals surface area contributed by atoms with E-state index in [4.69, 9.17) is 16.3 Å². The smallest absolute Gasteiger partial charge is 0.253 e. The number of carbonyl (C=O) groups is 1. The molecular weight excluding hydrogens is 300 g/mol. The van der Waals surface area contributed by atoms with E-state index < -0.39 is 0 Å². The summed E-state index contributed by atoms with van der Waals surface area (Å²) in [5.41, 5.74) is 1.62. The Morgan fingerprint density at radius 2 is 2.14 bits per heavy atom. The molecule has 3 aliphatic heterocycles. The maximum absolute atomic E-state index is 13.0. The van der Waals surface area contributed by atoms with Crippen LogP contribution in [0.4, 0.5) is 0 Å². The molecule has 1 amide bonds. The highest BCUT2D eigenvalue weighted by Crippen LogP contribution is 2.33. The van der Waals surface area contributed by atoms with Gasteiger partial charge in [-0.1, -0.05) is 11.6 Å². The molecule has 1 N–H and O–H groups in total. The quantitative estimate of drug-likeness (QED) is 0.865. The van der Waals surface area contributed by atoms with Gasteiger partial charge >= 0.3 is 0 Å². The van der Waals surface area contributed by atoms with E-state index in [9.17, 15) is 4.79 Å². The topological polar surface area (TPSA) is 41.6 Å². The molecule has 0 spiro atoms. The number of amides is 1. The Kier molecular flexibility index (Phi) is 3.59. The van der Waals surface area contributed by atoms with Crippen molar-refractivity contribution in [3.05, 3.63) is 34.4 Å². The molecule has 5 heteroatoms. The predicted molar refractivity (Wildman–Crippen MR) is 86.1 cm³/mol. The van der Waals surface area contributed by atoms with Crippen LogP contribution in [0, 0.1) is 0 Å². The van der Waals surface area contributed by atoms with Crippen molar-refractivity contribution in [2.24, 2.45) is 0 Å². The van der Waals surface area contributed by atoms with Crippen molar-refractivity contribution in [2.75, 3.05) is 19.7 Å². The average molecular weight is 319 g/mol. The van der Waals surface area contributed by atoms with E-state index in [1.807, 2.05) is 24.3 Å². The first-order chi connectivity index (χ1) is 10.7. The third kappa shape index (κ3) is 2.40. The molecule has 2 unspecified atom stereocenters. The number of carbonyl (C=O) groups excluding carboxylic acids is 1. The van der Waals surface area contributed by atoms with Gasteiger partial charge in [-0.2, -0.15) is 0 Å². The lowest BCUT2D eigenvalue weighted by Gasteiger charge is -2.30. The van der Waals surface area contributed by atoms with Crippen molar-refractivity contribution in [3.8, 4) is 5.75 Å². The molecule has 2 bridgehead atoms. The van der Waals surface area contributed by atoms with Crippen molar-refractivity contribution in [3.63, 3.8) is 0 Å². The van der Waals surface area contributed by atoms with Crippen LogP contribution in [0.2, 0.25) is 5.02 Å². The minimum Gasteiger partial charge on any atom is -0.488 e. The number of ether oxygens (including phenoxy) is 1. The summed E-state index contributed by atoms with van der Waals surface area (Å²) in [5, 5.41) is 4.09. The number of benzene rings is 1. The summed E-state index contributed by atoms with van der Waals surface area (Å²) >= 11 is 6.04.